The minimum Gasteiger partial charge on any atom is -0.364 e. The van der Waals surface area contributed by atoms with Crippen molar-refractivity contribution in [2.45, 2.75) is 19.5 Å². The van der Waals surface area contributed by atoms with Crippen LogP contribution in [0.4, 0.5) is 0 Å². The monoisotopic (exact) mass is 236 g/mol. The average Bonchev–Trinajstić information content (AvgIpc) is 2.79. The third-order valence-corrected chi connectivity index (χ3v) is 2.81. The van der Waals surface area contributed by atoms with E-state index in [1.807, 2.05) is 24.3 Å². The van der Waals surface area contributed by atoms with Crippen molar-refractivity contribution in [3.05, 3.63) is 52.9 Å². The van der Waals surface area contributed by atoms with Crippen LogP contribution in [0.15, 0.2) is 41.2 Å². The van der Waals surface area contributed by atoms with E-state index in [2.05, 4.69) is 17.4 Å². The van der Waals surface area contributed by atoms with Crippen molar-refractivity contribution < 1.29 is 4.52 Å². The maximum absolute atomic E-state index is 6.11. The van der Waals surface area contributed by atoms with Gasteiger partial charge < -0.3 is 9.84 Å². The van der Waals surface area contributed by atoms with E-state index in [1.54, 1.807) is 12.5 Å². The van der Waals surface area contributed by atoms with E-state index >= 15 is 0 Å². The Balaban J connectivity index is 1.98. The van der Waals surface area contributed by atoms with Gasteiger partial charge >= 0.3 is 0 Å². The summed E-state index contributed by atoms with van der Waals surface area (Å²) in [6.07, 6.45) is 3.33. The molecule has 3 nitrogen and oxygen atoms in total. The molecular weight excluding hydrogens is 224 g/mol. The molecule has 0 amide bonds. The molecule has 1 N–H and O–H groups in total. The molecule has 1 atom stereocenters. The first kappa shape index (κ1) is 11.2. The number of hydrogen-bond acceptors (Lipinski definition) is 3. The van der Waals surface area contributed by atoms with E-state index in [0.717, 1.165) is 22.7 Å². The smallest absolute Gasteiger partial charge is 0.128 e. The SMILES string of the molecule is CC(NCc1cnoc1)c1ccccc1Cl. The number of halogens is 1. The molecule has 0 spiro atoms. The summed E-state index contributed by atoms with van der Waals surface area (Å²) in [6.45, 7) is 2.80. The quantitative estimate of drug-likeness (QED) is 0.886. The van der Waals surface area contributed by atoms with Crippen molar-refractivity contribution in [2.24, 2.45) is 0 Å². The van der Waals surface area contributed by atoms with Crippen LogP contribution in [-0.4, -0.2) is 5.16 Å². The van der Waals surface area contributed by atoms with Crippen LogP contribution >= 0.6 is 11.6 Å². The molecule has 0 radical (unpaired) electrons. The topological polar surface area (TPSA) is 38.1 Å². The standard InChI is InChI=1S/C12H13ClN2O/c1-9(11-4-2-3-5-12(11)13)14-6-10-7-15-16-8-10/h2-5,7-9,14H,6H2,1H3. The Labute approximate surface area is 99.4 Å². The van der Waals surface area contributed by atoms with Crippen LogP contribution in [0, 0.1) is 0 Å². The van der Waals surface area contributed by atoms with Crippen LogP contribution in [-0.2, 0) is 6.54 Å². The molecule has 84 valence electrons. The molecule has 0 aliphatic heterocycles. The van der Waals surface area contributed by atoms with Gasteiger partial charge in [0.15, 0.2) is 0 Å². The highest BCUT2D eigenvalue weighted by atomic mass is 35.5. The molecule has 4 heteroatoms. The summed E-state index contributed by atoms with van der Waals surface area (Å²) >= 11 is 6.11. The number of nitrogens with one attached hydrogen (secondary N) is 1. The van der Waals surface area contributed by atoms with E-state index in [-0.39, 0.29) is 6.04 Å². The molecule has 0 fully saturated rings. The van der Waals surface area contributed by atoms with Crippen LogP contribution in [0.1, 0.15) is 24.1 Å². The summed E-state index contributed by atoms with van der Waals surface area (Å²) in [5.74, 6) is 0. The highest BCUT2D eigenvalue weighted by Crippen LogP contribution is 2.22. The third kappa shape index (κ3) is 2.62. The first-order chi connectivity index (χ1) is 7.77. The lowest BCUT2D eigenvalue weighted by Gasteiger charge is -2.14. The minimum absolute atomic E-state index is 0.198. The lowest BCUT2D eigenvalue weighted by atomic mass is 10.1. The van der Waals surface area contributed by atoms with Gasteiger partial charge in [0, 0.05) is 23.2 Å². The van der Waals surface area contributed by atoms with E-state index in [0.29, 0.717) is 0 Å². The first-order valence-corrected chi connectivity index (χ1v) is 5.51. The second-order valence-corrected chi connectivity index (χ2v) is 4.06. The number of rotatable bonds is 4. The summed E-state index contributed by atoms with van der Waals surface area (Å²) in [4.78, 5) is 0. The maximum atomic E-state index is 6.11. The van der Waals surface area contributed by atoms with Gasteiger partial charge in [0.25, 0.3) is 0 Å². The molecule has 16 heavy (non-hydrogen) atoms. The van der Waals surface area contributed by atoms with Crippen LogP contribution in [0.5, 0.6) is 0 Å². The van der Waals surface area contributed by atoms with Crippen molar-refractivity contribution in [2.75, 3.05) is 0 Å². The highest BCUT2D eigenvalue weighted by molar-refractivity contribution is 6.31. The second kappa shape index (κ2) is 5.14. The Bertz CT molecular complexity index is 442. The Morgan fingerprint density at radius 1 is 1.44 bits per heavy atom. The average molecular weight is 237 g/mol. The Kier molecular flexibility index (Phi) is 3.59. The fraction of sp³-hybridized carbons (Fsp3) is 0.250. The van der Waals surface area contributed by atoms with Gasteiger partial charge in [-0.05, 0) is 18.6 Å². The summed E-state index contributed by atoms with van der Waals surface area (Å²) in [6, 6.07) is 8.03. The fourth-order valence-electron chi connectivity index (χ4n) is 1.52. The predicted octanol–water partition coefficient (Wildman–Crippen LogP) is 3.18. The van der Waals surface area contributed by atoms with Crippen LogP contribution in [0.3, 0.4) is 0 Å². The zero-order valence-electron chi connectivity index (χ0n) is 8.98. The zero-order chi connectivity index (χ0) is 11.4. The van der Waals surface area contributed by atoms with Crippen LogP contribution in [0.2, 0.25) is 5.02 Å². The van der Waals surface area contributed by atoms with Gasteiger partial charge in [-0.15, -0.1) is 0 Å². The van der Waals surface area contributed by atoms with Crippen LogP contribution in [0.25, 0.3) is 0 Å². The van der Waals surface area contributed by atoms with Crippen LogP contribution < -0.4 is 5.32 Å². The first-order valence-electron chi connectivity index (χ1n) is 5.13. The second-order valence-electron chi connectivity index (χ2n) is 3.66. The lowest BCUT2D eigenvalue weighted by molar-refractivity contribution is 0.418. The summed E-state index contributed by atoms with van der Waals surface area (Å²) in [7, 11) is 0. The molecule has 2 rings (SSSR count). The minimum atomic E-state index is 0.198. The van der Waals surface area contributed by atoms with E-state index in [9.17, 15) is 0 Å². The molecular formula is C12H13ClN2O. The Hall–Kier alpha value is -1.32. The van der Waals surface area contributed by atoms with Gasteiger partial charge in [-0.25, -0.2) is 0 Å². The van der Waals surface area contributed by atoms with Crippen molar-refractivity contribution in [1.82, 2.24) is 10.5 Å². The zero-order valence-corrected chi connectivity index (χ0v) is 9.74. The number of nitrogens with zero attached hydrogens (tertiary/aromatic N) is 1. The summed E-state index contributed by atoms with van der Waals surface area (Å²) in [5, 5.41) is 7.79. The van der Waals surface area contributed by atoms with Gasteiger partial charge in [-0.3, -0.25) is 0 Å². The number of aromatic nitrogens is 1. The lowest BCUT2D eigenvalue weighted by Crippen LogP contribution is -2.18. The molecule has 0 aliphatic rings. The highest BCUT2D eigenvalue weighted by Gasteiger charge is 2.08. The maximum Gasteiger partial charge on any atom is 0.128 e. The number of hydrogen-bond donors (Lipinski definition) is 1. The molecule has 0 saturated carbocycles. The molecule has 0 aliphatic carbocycles. The van der Waals surface area contributed by atoms with E-state index < -0.39 is 0 Å². The van der Waals surface area contributed by atoms with Crippen molar-refractivity contribution in [3.8, 4) is 0 Å². The molecule has 1 aromatic heterocycles. The van der Waals surface area contributed by atoms with Gasteiger partial charge in [0.2, 0.25) is 0 Å². The normalized spacial score (nSPS) is 12.6. The van der Waals surface area contributed by atoms with E-state index in [4.69, 9.17) is 16.1 Å². The molecule has 1 heterocycles. The largest absolute Gasteiger partial charge is 0.364 e. The molecule has 0 bridgehead atoms. The van der Waals surface area contributed by atoms with Gasteiger partial charge in [0.1, 0.15) is 6.26 Å². The molecule has 2 aromatic rings. The number of benzene rings is 1. The van der Waals surface area contributed by atoms with Gasteiger partial charge in [-0.1, -0.05) is 35.0 Å². The third-order valence-electron chi connectivity index (χ3n) is 2.47. The predicted molar refractivity (Wildman–Crippen MR) is 63.2 cm³/mol. The summed E-state index contributed by atoms with van der Waals surface area (Å²) in [5.41, 5.74) is 2.12. The van der Waals surface area contributed by atoms with E-state index in [1.165, 1.54) is 0 Å². The fourth-order valence-corrected chi connectivity index (χ4v) is 1.82. The van der Waals surface area contributed by atoms with Gasteiger partial charge in [-0.2, -0.15) is 0 Å². The molecule has 1 unspecified atom stereocenters. The van der Waals surface area contributed by atoms with Gasteiger partial charge in [0.05, 0.1) is 6.20 Å². The Morgan fingerprint density at radius 3 is 2.94 bits per heavy atom. The van der Waals surface area contributed by atoms with Crippen molar-refractivity contribution in [1.29, 1.82) is 0 Å². The van der Waals surface area contributed by atoms with Crippen molar-refractivity contribution in [3.63, 3.8) is 0 Å². The van der Waals surface area contributed by atoms with Crippen molar-refractivity contribution >= 4 is 11.6 Å². The summed E-state index contributed by atoms with van der Waals surface area (Å²) < 4.78 is 4.76. The Morgan fingerprint density at radius 2 is 2.25 bits per heavy atom. The molecule has 1 aromatic carbocycles. The molecule has 0 saturated heterocycles.